The molecule has 0 atom stereocenters. The molecule has 0 saturated carbocycles. The van der Waals surface area contributed by atoms with Gasteiger partial charge in [-0.1, -0.05) is 25.6 Å². The molecule has 0 aliphatic heterocycles. The van der Waals surface area contributed by atoms with Crippen LogP contribution in [0.15, 0.2) is 5.16 Å². The standard InChI is InChI=1S/C14H26N6S/c1-12(2)10-16-7-8-20-13(17-18-19-20)21-9-5-6-14(3,4)11-15/h12,16H,5-10H2,1-4H3. The summed E-state index contributed by atoms with van der Waals surface area (Å²) in [5, 5.41) is 25.0. The summed E-state index contributed by atoms with van der Waals surface area (Å²) in [6.45, 7) is 11.0. The van der Waals surface area contributed by atoms with Gasteiger partial charge in [-0.2, -0.15) is 5.26 Å². The first kappa shape index (κ1) is 17.9. The van der Waals surface area contributed by atoms with Crippen molar-refractivity contribution in [2.24, 2.45) is 11.3 Å². The van der Waals surface area contributed by atoms with Crippen molar-refractivity contribution >= 4 is 11.8 Å². The lowest BCUT2D eigenvalue weighted by Gasteiger charge is -2.13. The van der Waals surface area contributed by atoms with E-state index in [0.29, 0.717) is 5.92 Å². The van der Waals surface area contributed by atoms with E-state index < -0.39 is 0 Å². The summed E-state index contributed by atoms with van der Waals surface area (Å²) in [5.74, 6) is 1.58. The summed E-state index contributed by atoms with van der Waals surface area (Å²) in [6.07, 6.45) is 1.89. The molecule has 21 heavy (non-hydrogen) atoms. The largest absolute Gasteiger partial charge is 0.315 e. The van der Waals surface area contributed by atoms with Crippen molar-refractivity contribution in [1.29, 1.82) is 5.26 Å². The fourth-order valence-corrected chi connectivity index (χ4v) is 2.59. The summed E-state index contributed by atoms with van der Waals surface area (Å²) in [7, 11) is 0. The Balaban J connectivity index is 2.27. The molecule has 0 aliphatic carbocycles. The molecule has 0 aromatic carbocycles. The van der Waals surface area contributed by atoms with Crippen molar-refractivity contribution in [2.75, 3.05) is 18.8 Å². The number of rotatable bonds is 10. The number of tetrazole rings is 1. The van der Waals surface area contributed by atoms with E-state index in [9.17, 15) is 0 Å². The molecule has 1 rings (SSSR count). The van der Waals surface area contributed by atoms with Crippen LogP contribution in [0.25, 0.3) is 0 Å². The highest BCUT2D eigenvalue weighted by atomic mass is 32.2. The van der Waals surface area contributed by atoms with E-state index in [1.165, 1.54) is 0 Å². The number of thioether (sulfide) groups is 1. The van der Waals surface area contributed by atoms with Gasteiger partial charge in [0.2, 0.25) is 5.16 Å². The minimum absolute atomic E-state index is 0.243. The van der Waals surface area contributed by atoms with Gasteiger partial charge in [0.1, 0.15) is 0 Å². The van der Waals surface area contributed by atoms with Crippen LogP contribution in [0.1, 0.15) is 40.5 Å². The maximum absolute atomic E-state index is 8.98. The van der Waals surface area contributed by atoms with Crippen LogP contribution >= 0.6 is 11.8 Å². The molecule has 1 aromatic heterocycles. The zero-order valence-corrected chi connectivity index (χ0v) is 14.3. The van der Waals surface area contributed by atoms with Crippen molar-refractivity contribution in [3.63, 3.8) is 0 Å². The fraction of sp³-hybridized carbons (Fsp3) is 0.857. The molecule has 0 unspecified atom stereocenters. The fourth-order valence-electron chi connectivity index (χ4n) is 1.75. The maximum Gasteiger partial charge on any atom is 0.209 e. The number of nitrogens with one attached hydrogen (secondary N) is 1. The Morgan fingerprint density at radius 2 is 2.19 bits per heavy atom. The van der Waals surface area contributed by atoms with Crippen LogP contribution in [-0.4, -0.2) is 39.0 Å². The van der Waals surface area contributed by atoms with Gasteiger partial charge in [-0.05, 0) is 49.6 Å². The Bertz CT molecular complexity index is 449. The Morgan fingerprint density at radius 3 is 2.86 bits per heavy atom. The summed E-state index contributed by atoms with van der Waals surface area (Å²) >= 11 is 1.66. The summed E-state index contributed by atoms with van der Waals surface area (Å²) in [6, 6.07) is 2.33. The highest BCUT2D eigenvalue weighted by Crippen LogP contribution is 2.23. The lowest BCUT2D eigenvalue weighted by Crippen LogP contribution is -2.24. The third-order valence-electron chi connectivity index (χ3n) is 3.03. The molecule has 0 amide bonds. The zero-order valence-electron chi connectivity index (χ0n) is 13.5. The minimum Gasteiger partial charge on any atom is -0.315 e. The zero-order chi connectivity index (χ0) is 15.7. The van der Waals surface area contributed by atoms with Crippen molar-refractivity contribution in [3.05, 3.63) is 0 Å². The number of hydrogen-bond acceptors (Lipinski definition) is 6. The van der Waals surface area contributed by atoms with Crippen LogP contribution in [0.2, 0.25) is 0 Å². The Morgan fingerprint density at radius 1 is 1.43 bits per heavy atom. The van der Waals surface area contributed by atoms with Gasteiger partial charge in [0.05, 0.1) is 18.0 Å². The third kappa shape index (κ3) is 7.44. The SMILES string of the molecule is CC(C)CNCCn1nnnc1SCCCC(C)(C)C#N. The van der Waals surface area contributed by atoms with E-state index in [0.717, 1.165) is 43.4 Å². The van der Waals surface area contributed by atoms with E-state index >= 15 is 0 Å². The number of hydrogen-bond donors (Lipinski definition) is 1. The monoisotopic (exact) mass is 310 g/mol. The molecule has 6 nitrogen and oxygen atoms in total. The van der Waals surface area contributed by atoms with E-state index in [4.69, 9.17) is 5.26 Å². The van der Waals surface area contributed by atoms with Crippen LogP contribution in [0.5, 0.6) is 0 Å². The smallest absolute Gasteiger partial charge is 0.209 e. The maximum atomic E-state index is 8.98. The molecule has 0 bridgehead atoms. The van der Waals surface area contributed by atoms with Gasteiger partial charge < -0.3 is 5.32 Å². The lowest BCUT2D eigenvalue weighted by molar-refractivity contribution is 0.447. The Kier molecular flexibility index (Phi) is 7.68. The normalized spacial score (nSPS) is 11.8. The topological polar surface area (TPSA) is 79.4 Å². The van der Waals surface area contributed by atoms with Gasteiger partial charge in [0, 0.05) is 12.3 Å². The quantitative estimate of drug-likeness (QED) is 0.528. The van der Waals surface area contributed by atoms with Crippen LogP contribution in [0.3, 0.4) is 0 Å². The van der Waals surface area contributed by atoms with Crippen LogP contribution in [-0.2, 0) is 6.54 Å². The number of nitrogens with zero attached hydrogens (tertiary/aromatic N) is 5. The Labute approximate surface area is 131 Å². The second-order valence-electron chi connectivity index (χ2n) is 6.23. The Hall–Kier alpha value is -1.13. The summed E-state index contributed by atoms with van der Waals surface area (Å²) < 4.78 is 1.84. The molecule has 1 N–H and O–H groups in total. The second kappa shape index (κ2) is 9.00. The summed E-state index contributed by atoms with van der Waals surface area (Å²) in [4.78, 5) is 0. The highest BCUT2D eigenvalue weighted by molar-refractivity contribution is 7.99. The van der Waals surface area contributed by atoms with Crippen molar-refractivity contribution < 1.29 is 0 Å². The van der Waals surface area contributed by atoms with Crippen molar-refractivity contribution in [1.82, 2.24) is 25.5 Å². The molecule has 0 aliphatic rings. The van der Waals surface area contributed by atoms with Crippen molar-refractivity contribution in [3.8, 4) is 6.07 Å². The first-order chi connectivity index (χ1) is 9.94. The predicted octanol–water partition coefficient (Wildman–Crippen LogP) is 2.34. The first-order valence-corrected chi connectivity index (χ1v) is 8.44. The van der Waals surface area contributed by atoms with E-state index in [2.05, 4.69) is 40.8 Å². The molecular weight excluding hydrogens is 284 g/mol. The average molecular weight is 310 g/mol. The molecule has 1 heterocycles. The van der Waals surface area contributed by atoms with Gasteiger partial charge >= 0.3 is 0 Å². The second-order valence-corrected chi connectivity index (χ2v) is 7.29. The summed E-state index contributed by atoms with van der Waals surface area (Å²) in [5.41, 5.74) is -0.243. The van der Waals surface area contributed by atoms with Crippen molar-refractivity contribution in [2.45, 2.75) is 52.2 Å². The predicted molar refractivity (Wildman–Crippen MR) is 84.9 cm³/mol. The molecule has 0 radical (unpaired) electrons. The van der Waals surface area contributed by atoms with Gasteiger partial charge in [-0.15, -0.1) is 5.10 Å². The highest BCUT2D eigenvalue weighted by Gasteiger charge is 2.16. The number of nitriles is 1. The van der Waals surface area contributed by atoms with Gasteiger partial charge in [-0.3, -0.25) is 0 Å². The average Bonchev–Trinajstić information content (AvgIpc) is 2.87. The van der Waals surface area contributed by atoms with E-state index in [1.54, 1.807) is 11.8 Å². The molecular formula is C14H26N6S. The van der Waals surface area contributed by atoms with Crippen LogP contribution in [0.4, 0.5) is 0 Å². The molecule has 0 saturated heterocycles. The number of aromatic nitrogens is 4. The third-order valence-corrected chi connectivity index (χ3v) is 4.08. The van der Waals surface area contributed by atoms with Crippen LogP contribution < -0.4 is 5.32 Å². The van der Waals surface area contributed by atoms with Crippen LogP contribution in [0, 0.1) is 22.7 Å². The molecule has 0 fully saturated rings. The van der Waals surface area contributed by atoms with E-state index in [1.807, 2.05) is 18.5 Å². The minimum atomic E-state index is -0.243. The van der Waals surface area contributed by atoms with Gasteiger partial charge in [-0.25, -0.2) is 4.68 Å². The van der Waals surface area contributed by atoms with E-state index in [-0.39, 0.29) is 5.41 Å². The van der Waals surface area contributed by atoms with Gasteiger partial charge in [0.25, 0.3) is 0 Å². The molecule has 7 heteroatoms. The molecule has 118 valence electrons. The molecule has 1 aromatic rings. The first-order valence-electron chi connectivity index (χ1n) is 7.45. The lowest BCUT2D eigenvalue weighted by atomic mass is 9.90. The van der Waals surface area contributed by atoms with Gasteiger partial charge in [0.15, 0.2) is 0 Å². The molecule has 0 spiro atoms.